The van der Waals surface area contributed by atoms with Crippen molar-refractivity contribution in [3.63, 3.8) is 0 Å². The molecule has 6 heteroatoms. The Balaban J connectivity index is 1.27. The molecule has 0 radical (unpaired) electrons. The number of carbonyl (C=O) groups is 1. The van der Waals surface area contributed by atoms with E-state index in [-0.39, 0.29) is 6.10 Å². The Labute approximate surface area is 167 Å². The maximum atomic E-state index is 12.3. The van der Waals surface area contributed by atoms with Gasteiger partial charge in [-0.1, -0.05) is 12.1 Å². The number of hydrogen-bond acceptors (Lipinski definition) is 5. The molecule has 6 nitrogen and oxygen atoms in total. The fourth-order valence-corrected chi connectivity index (χ4v) is 4.76. The lowest BCUT2D eigenvalue weighted by molar-refractivity contribution is -0.139. The third-order valence-electron chi connectivity index (χ3n) is 6.47. The minimum absolute atomic E-state index is 0.0856. The molecule has 4 rings (SSSR count). The number of ether oxygens (including phenoxy) is 3. The lowest BCUT2D eigenvalue weighted by atomic mass is 9.72. The maximum absolute atomic E-state index is 12.3. The van der Waals surface area contributed by atoms with Crippen LogP contribution in [-0.2, 0) is 9.53 Å². The highest BCUT2D eigenvalue weighted by atomic mass is 16.6. The first-order valence-electron chi connectivity index (χ1n) is 10.6. The molecule has 1 aromatic carbocycles. The standard InChI is InChI=1S/C22H32N2O4/c1-26-14-4-11-24-17-22(8-7-21(24)25)9-12-23(13-10-22)15-18-16-27-19-5-2-3-6-20(19)28-18/h2-3,5-6,18H,4,7-17H2,1H3. The zero-order valence-corrected chi connectivity index (χ0v) is 16.9. The largest absolute Gasteiger partial charge is 0.486 e. The second kappa shape index (κ2) is 8.70. The Morgan fingerprint density at radius 1 is 1.18 bits per heavy atom. The molecule has 3 heterocycles. The van der Waals surface area contributed by atoms with Crippen molar-refractivity contribution in [2.24, 2.45) is 5.41 Å². The van der Waals surface area contributed by atoms with Crippen LogP contribution in [0.2, 0.25) is 0 Å². The lowest BCUT2D eigenvalue weighted by Crippen LogP contribution is -2.53. The summed E-state index contributed by atoms with van der Waals surface area (Å²) in [6, 6.07) is 7.89. The van der Waals surface area contributed by atoms with E-state index < -0.39 is 0 Å². The van der Waals surface area contributed by atoms with E-state index in [0.717, 1.165) is 76.5 Å². The minimum atomic E-state index is 0.0856. The molecule has 2 saturated heterocycles. The van der Waals surface area contributed by atoms with Crippen molar-refractivity contribution in [2.45, 2.75) is 38.2 Å². The van der Waals surface area contributed by atoms with Gasteiger partial charge in [0.05, 0.1) is 0 Å². The number of rotatable bonds is 6. The van der Waals surface area contributed by atoms with Crippen molar-refractivity contribution in [3.8, 4) is 11.5 Å². The number of carbonyl (C=O) groups excluding carboxylic acids is 1. The number of fused-ring (bicyclic) bond motifs is 1. The molecule has 1 atom stereocenters. The SMILES string of the molecule is COCCCN1CC2(CCC1=O)CCN(CC1COc3ccccc3O1)CC2. The third-order valence-corrected chi connectivity index (χ3v) is 6.47. The van der Waals surface area contributed by atoms with E-state index in [1.807, 2.05) is 24.3 Å². The number of para-hydroxylation sites is 2. The average Bonchev–Trinajstić information content (AvgIpc) is 2.73. The van der Waals surface area contributed by atoms with Gasteiger partial charge in [0, 0.05) is 39.8 Å². The number of amides is 1. The van der Waals surface area contributed by atoms with Crippen LogP contribution >= 0.6 is 0 Å². The smallest absolute Gasteiger partial charge is 0.222 e. The molecule has 1 unspecified atom stereocenters. The summed E-state index contributed by atoms with van der Waals surface area (Å²) in [6.07, 6.45) is 5.06. The second-order valence-corrected chi connectivity index (χ2v) is 8.46. The van der Waals surface area contributed by atoms with E-state index in [0.29, 0.717) is 24.3 Å². The molecule has 0 bridgehead atoms. The second-order valence-electron chi connectivity index (χ2n) is 8.46. The van der Waals surface area contributed by atoms with Gasteiger partial charge in [-0.3, -0.25) is 9.69 Å². The Kier molecular flexibility index (Phi) is 6.07. The molecule has 154 valence electrons. The highest BCUT2D eigenvalue weighted by Crippen LogP contribution is 2.40. The molecule has 1 aromatic rings. The van der Waals surface area contributed by atoms with Gasteiger partial charge in [0.25, 0.3) is 0 Å². The van der Waals surface area contributed by atoms with Gasteiger partial charge in [0.15, 0.2) is 11.5 Å². The summed E-state index contributed by atoms with van der Waals surface area (Å²) in [5.74, 6) is 2.01. The Hall–Kier alpha value is -1.79. The van der Waals surface area contributed by atoms with Crippen molar-refractivity contribution in [3.05, 3.63) is 24.3 Å². The molecule has 0 aliphatic carbocycles. The van der Waals surface area contributed by atoms with Gasteiger partial charge in [0.2, 0.25) is 5.91 Å². The van der Waals surface area contributed by atoms with Crippen molar-refractivity contribution < 1.29 is 19.0 Å². The highest BCUT2D eigenvalue weighted by molar-refractivity contribution is 5.77. The highest BCUT2D eigenvalue weighted by Gasteiger charge is 2.41. The van der Waals surface area contributed by atoms with E-state index >= 15 is 0 Å². The first kappa shape index (κ1) is 19.5. The van der Waals surface area contributed by atoms with Gasteiger partial charge in [-0.2, -0.15) is 0 Å². The molecule has 0 aromatic heterocycles. The quantitative estimate of drug-likeness (QED) is 0.701. The summed E-state index contributed by atoms with van der Waals surface area (Å²) in [5.41, 5.74) is 0.300. The molecule has 3 aliphatic rings. The van der Waals surface area contributed by atoms with Gasteiger partial charge in [-0.25, -0.2) is 0 Å². The van der Waals surface area contributed by atoms with E-state index in [4.69, 9.17) is 14.2 Å². The van der Waals surface area contributed by atoms with Crippen LogP contribution in [-0.4, -0.2) is 74.9 Å². The predicted molar refractivity (Wildman–Crippen MR) is 107 cm³/mol. The number of benzene rings is 1. The van der Waals surface area contributed by atoms with Gasteiger partial charge < -0.3 is 19.1 Å². The molecule has 28 heavy (non-hydrogen) atoms. The van der Waals surface area contributed by atoms with Crippen molar-refractivity contribution in [1.82, 2.24) is 9.80 Å². The molecular formula is C22H32N2O4. The van der Waals surface area contributed by atoms with Crippen LogP contribution in [0.15, 0.2) is 24.3 Å². The van der Waals surface area contributed by atoms with E-state index in [1.165, 1.54) is 0 Å². The summed E-state index contributed by atoms with van der Waals surface area (Å²) in [7, 11) is 1.72. The normalized spacial score (nSPS) is 24.5. The van der Waals surface area contributed by atoms with Crippen LogP contribution in [0.25, 0.3) is 0 Å². The van der Waals surface area contributed by atoms with Crippen molar-refractivity contribution in [2.75, 3.05) is 53.0 Å². The Bertz CT molecular complexity index is 672. The maximum Gasteiger partial charge on any atom is 0.222 e. The van der Waals surface area contributed by atoms with E-state index in [1.54, 1.807) is 7.11 Å². The Morgan fingerprint density at radius 2 is 1.96 bits per heavy atom. The summed E-state index contributed by atoms with van der Waals surface area (Å²) < 4.78 is 17.1. The van der Waals surface area contributed by atoms with Crippen LogP contribution < -0.4 is 9.47 Å². The average molecular weight is 389 g/mol. The van der Waals surface area contributed by atoms with Gasteiger partial charge in [-0.15, -0.1) is 0 Å². The van der Waals surface area contributed by atoms with Crippen LogP contribution in [0.5, 0.6) is 11.5 Å². The monoisotopic (exact) mass is 388 g/mol. The van der Waals surface area contributed by atoms with Crippen LogP contribution in [0.4, 0.5) is 0 Å². The fraction of sp³-hybridized carbons (Fsp3) is 0.682. The first-order chi connectivity index (χ1) is 13.7. The Morgan fingerprint density at radius 3 is 2.75 bits per heavy atom. The molecule has 2 fully saturated rings. The number of nitrogens with zero attached hydrogens (tertiary/aromatic N) is 2. The van der Waals surface area contributed by atoms with E-state index in [9.17, 15) is 4.79 Å². The number of piperidine rings is 2. The fourth-order valence-electron chi connectivity index (χ4n) is 4.76. The molecular weight excluding hydrogens is 356 g/mol. The molecule has 0 N–H and O–H groups in total. The van der Waals surface area contributed by atoms with E-state index in [2.05, 4.69) is 9.80 Å². The molecule has 1 spiro atoms. The van der Waals surface area contributed by atoms with Crippen molar-refractivity contribution >= 4 is 5.91 Å². The van der Waals surface area contributed by atoms with Gasteiger partial charge in [0.1, 0.15) is 12.7 Å². The van der Waals surface area contributed by atoms with Gasteiger partial charge >= 0.3 is 0 Å². The summed E-state index contributed by atoms with van der Waals surface area (Å²) in [5, 5.41) is 0. The van der Waals surface area contributed by atoms with Crippen molar-refractivity contribution in [1.29, 1.82) is 0 Å². The minimum Gasteiger partial charge on any atom is -0.486 e. The number of hydrogen-bond donors (Lipinski definition) is 0. The lowest BCUT2D eigenvalue weighted by Gasteiger charge is -2.48. The number of methoxy groups -OCH3 is 1. The number of likely N-dealkylation sites (tertiary alicyclic amines) is 2. The summed E-state index contributed by atoms with van der Waals surface area (Å²) in [4.78, 5) is 16.9. The summed E-state index contributed by atoms with van der Waals surface area (Å²) >= 11 is 0. The first-order valence-corrected chi connectivity index (χ1v) is 10.6. The van der Waals surface area contributed by atoms with Crippen LogP contribution in [0, 0.1) is 5.41 Å². The summed E-state index contributed by atoms with van der Waals surface area (Å²) in [6.45, 7) is 6.12. The zero-order chi connectivity index (χ0) is 19.4. The molecule has 3 aliphatic heterocycles. The topological polar surface area (TPSA) is 51.2 Å². The molecule has 0 saturated carbocycles. The zero-order valence-electron chi connectivity index (χ0n) is 16.9. The third kappa shape index (κ3) is 4.44. The van der Waals surface area contributed by atoms with Gasteiger partial charge in [-0.05, 0) is 56.3 Å². The predicted octanol–water partition coefficient (Wildman–Crippen LogP) is 2.57. The van der Waals surface area contributed by atoms with Crippen LogP contribution in [0.1, 0.15) is 32.1 Å². The van der Waals surface area contributed by atoms with Crippen LogP contribution in [0.3, 0.4) is 0 Å². The molecule has 1 amide bonds.